The number of rotatable bonds is 3. The van der Waals surface area contributed by atoms with Crippen molar-refractivity contribution in [3.8, 4) is 0 Å². The Kier molecular flexibility index (Phi) is 4.39. The van der Waals surface area contributed by atoms with Crippen LogP contribution in [-0.2, 0) is 4.79 Å². The van der Waals surface area contributed by atoms with Crippen LogP contribution in [-0.4, -0.2) is 52.5 Å². The van der Waals surface area contributed by atoms with Gasteiger partial charge in [-0.1, -0.05) is 11.6 Å². The highest BCUT2D eigenvalue weighted by Crippen LogP contribution is 2.25. The maximum absolute atomic E-state index is 12.5. The zero-order chi connectivity index (χ0) is 15.6. The third-order valence-electron chi connectivity index (χ3n) is 3.18. The Morgan fingerprint density at radius 3 is 2.81 bits per heavy atom. The van der Waals surface area contributed by atoms with E-state index in [-0.39, 0.29) is 23.7 Å². The molecule has 1 unspecified atom stereocenters. The van der Waals surface area contributed by atoms with Gasteiger partial charge in [0.25, 0.3) is 11.6 Å². The van der Waals surface area contributed by atoms with E-state index < -0.39 is 28.5 Å². The summed E-state index contributed by atoms with van der Waals surface area (Å²) < 4.78 is 0. The first-order valence-electron chi connectivity index (χ1n) is 6.10. The molecule has 0 radical (unpaired) electrons. The van der Waals surface area contributed by atoms with E-state index >= 15 is 0 Å². The topological polar surface area (TPSA) is 113 Å². The van der Waals surface area contributed by atoms with Gasteiger partial charge in [-0.2, -0.15) is 0 Å². The monoisotopic (exact) mass is 313 g/mol. The van der Waals surface area contributed by atoms with Gasteiger partial charge in [-0.25, -0.2) is 4.79 Å². The molecule has 9 heteroatoms. The van der Waals surface area contributed by atoms with Gasteiger partial charge in [-0.05, 0) is 12.1 Å². The standard InChI is InChI=1S/C12H12ClN3O5/c13-7-1-2-9(16(20)21)8(5-7)11(17)15-4-3-14-6-10(15)12(18)19/h1-2,5,10,14H,3-4,6H2,(H,18,19). The van der Waals surface area contributed by atoms with Crippen molar-refractivity contribution in [3.63, 3.8) is 0 Å². The largest absolute Gasteiger partial charge is 0.480 e. The molecule has 1 aromatic rings. The van der Waals surface area contributed by atoms with Crippen LogP contribution in [0.4, 0.5) is 5.69 Å². The molecular weight excluding hydrogens is 302 g/mol. The van der Waals surface area contributed by atoms with E-state index in [1.807, 2.05) is 0 Å². The van der Waals surface area contributed by atoms with Gasteiger partial charge in [0, 0.05) is 30.7 Å². The second-order valence-corrected chi connectivity index (χ2v) is 4.91. The third kappa shape index (κ3) is 3.11. The lowest BCUT2D eigenvalue weighted by molar-refractivity contribution is -0.385. The average molecular weight is 314 g/mol. The minimum absolute atomic E-state index is 0.0927. The van der Waals surface area contributed by atoms with Crippen LogP contribution < -0.4 is 5.32 Å². The minimum atomic E-state index is -1.17. The van der Waals surface area contributed by atoms with Gasteiger partial charge in [0.05, 0.1) is 4.92 Å². The predicted molar refractivity (Wildman–Crippen MR) is 73.4 cm³/mol. The summed E-state index contributed by atoms with van der Waals surface area (Å²) in [5.74, 6) is -1.88. The zero-order valence-electron chi connectivity index (χ0n) is 10.8. The van der Waals surface area contributed by atoms with Gasteiger partial charge in [-0.15, -0.1) is 0 Å². The smallest absolute Gasteiger partial charge is 0.327 e. The van der Waals surface area contributed by atoms with Crippen LogP contribution >= 0.6 is 11.6 Å². The lowest BCUT2D eigenvalue weighted by Gasteiger charge is -2.33. The predicted octanol–water partition coefficient (Wildman–Crippen LogP) is 0.747. The van der Waals surface area contributed by atoms with Crippen LogP contribution in [0.2, 0.25) is 5.02 Å². The minimum Gasteiger partial charge on any atom is -0.480 e. The molecular formula is C12H12ClN3O5. The van der Waals surface area contributed by atoms with Crippen LogP contribution in [0.25, 0.3) is 0 Å². The summed E-state index contributed by atoms with van der Waals surface area (Å²) in [6, 6.07) is 2.56. The van der Waals surface area contributed by atoms with E-state index in [0.717, 1.165) is 11.0 Å². The number of nitro groups is 1. The number of aliphatic carboxylic acids is 1. The van der Waals surface area contributed by atoms with Crippen LogP contribution in [0, 0.1) is 10.1 Å². The van der Waals surface area contributed by atoms with Crippen molar-refractivity contribution in [3.05, 3.63) is 38.9 Å². The van der Waals surface area contributed by atoms with Crippen molar-refractivity contribution in [1.29, 1.82) is 0 Å². The Hall–Kier alpha value is -2.19. The summed E-state index contributed by atoms with van der Waals surface area (Å²) in [4.78, 5) is 35.1. The van der Waals surface area contributed by atoms with Gasteiger partial charge >= 0.3 is 5.97 Å². The third-order valence-corrected chi connectivity index (χ3v) is 3.41. The number of carboxylic acid groups (broad SMARTS) is 1. The molecule has 0 aliphatic carbocycles. The van der Waals surface area contributed by atoms with Crippen molar-refractivity contribution in [2.45, 2.75) is 6.04 Å². The molecule has 1 atom stereocenters. The number of nitro benzene ring substituents is 1. The molecule has 0 bridgehead atoms. The lowest BCUT2D eigenvalue weighted by Crippen LogP contribution is -2.57. The summed E-state index contributed by atoms with van der Waals surface area (Å²) in [6.07, 6.45) is 0. The van der Waals surface area contributed by atoms with Crippen LogP contribution in [0.5, 0.6) is 0 Å². The number of hydrogen-bond donors (Lipinski definition) is 2. The van der Waals surface area contributed by atoms with Crippen LogP contribution in [0.15, 0.2) is 18.2 Å². The molecule has 1 aliphatic heterocycles. The molecule has 21 heavy (non-hydrogen) atoms. The fourth-order valence-corrected chi connectivity index (χ4v) is 2.33. The number of carboxylic acids is 1. The number of carbonyl (C=O) groups excluding carboxylic acids is 1. The SMILES string of the molecule is O=C(O)C1CNCCN1C(=O)c1cc(Cl)ccc1[N+](=O)[O-]. The quantitative estimate of drug-likeness (QED) is 0.629. The summed E-state index contributed by atoms with van der Waals surface area (Å²) in [6.45, 7) is 0.665. The van der Waals surface area contributed by atoms with Crippen LogP contribution in [0.3, 0.4) is 0 Å². The highest BCUT2D eigenvalue weighted by Gasteiger charge is 2.35. The molecule has 0 spiro atoms. The average Bonchev–Trinajstić information content (AvgIpc) is 2.46. The Balaban J connectivity index is 2.40. The fourth-order valence-electron chi connectivity index (χ4n) is 2.16. The highest BCUT2D eigenvalue weighted by molar-refractivity contribution is 6.31. The Morgan fingerprint density at radius 2 is 2.19 bits per heavy atom. The van der Waals surface area contributed by atoms with E-state index in [1.54, 1.807) is 0 Å². The number of nitrogens with one attached hydrogen (secondary N) is 1. The molecule has 0 saturated carbocycles. The Bertz CT molecular complexity index is 607. The van der Waals surface area contributed by atoms with E-state index in [0.29, 0.717) is 6.54 Å². The summed E-state index contributed by atoms with van der Waals surface area (Å²) >= 11 is 5.78. The number of hydrogen-bond acceptors (Lipinski definition) is 5. The molecule has 112 valence electrons. The first kappa shape index (κ1) is 15.2. The van der Waals surface area contributed by atoms with E-state index in [4.69, 9.17) is 16.7 Å². The fraction of sp³-hybridized carbons (Fsp3) is 0.333. The first-order valence-corrected chi connectivity index (χ1v) is 6.48. The number of nitrogens with zero attached hydrogens (tertiary/aromatic N) is 2. The first-order chi connectivity index (χ1) is 9.91. The van der Waals surface area contributed by atoms with Crippen molar-refractivity contribution < 1.29 is 19.6 Å². The van der Waals surface area contributed by atoms with Gasteiger partial charge in [0.15, 0.2) is 0 Å². The van der Waals surface area contributed by atoms with E-state index in [1.165, 1.54) is 12.1 Å². The normalized spacial score (nSPS) is 18.3. The van der Waals surface area contributed by atoms with Gasteiger partial charge < -0.3 is 15.3 Å². The second-order valence-electron chi connectivity index (χ2n) is 4.48. The molecule has 1 heterocycles. The van der Waals surface area contributed by atoms with Crippen molar-refractivity contribution in [2.24, 2.45) is 0 Å². The highest BCUT2D eigenvalue weighted by atomic mass is 35.5. The molecule has 1 fully saturated rings. The second kappa shape index (κ2) is 6.06. The Morgan fingerprint density at radius 1 is 1.48 bits per heavy atom. The van der Waals surface area contributed by atoms with Crippen LogP contribution in [0.1, 0.15) is 10.4 Å². The van der Waals surface area contributed by atoms with E-state index in [2.05, 4.69) is 5.32 Å². The maximum atomic E-state index is 12.5. The number of halogens is 1. The molecule has 2 rings (SSSR count). The summed E-state index contributed by atoms with van der Waals surface area (Å²) in [5, 5.41) is 23.2. The molecule has 1 saturated heterocycles. The van der Waals surface area contributed by atoms with Gasteiger partial charge in [0.2, 0.25) is 0 Å². The lowest BCUT2D eigenvalue weighted by atomic mass is 10.1. The maximum Gasteiger partial charge on any atom is 0.327 e. The molecule has 8 nitrogen and oxygen atoms in total. The number of amides is 1. The molecule has 2 N–H and O–H groups in total. The Labute approximate surface area is 124 Å². The summed E-state index contributed by atoms with van der Waals surface area (Å²) in [7, 11) is 0. The van der Waals surface area contributed by atoms with E-state index in [9.17, 15) is 19.7 Å². The molecule has 0 aromatic heterocycles. The number of benzene rings is 1. The van der Waals surface area contributed by atoms with Gasteiger partial charge in [-0.3, -0.25) is 14.9 Å². The zero-order valence-corrected chi connectivity index (χ0v) is 11.5. The van der Waals surface area contributed by atoms with Gasteiger partial charge in [0.1, 0.15) is 11.6 Å². The molecule has 1 aromatic carbocycles. The van der Waals surface area contributed by atoms with Crippen molar-refractivity contribution >= 4 is 29.2 Å². The number of carbonyl (C=O) groups is 2. The molecule has 1 aliphatic rings. The molecule has 1 amide bonds. The van der Waals surface area contributed by atoms with Crippen molar-refractivity contribution in [2.75, 3.05) is 19.6 Å². The number of piperazine rings is 1. The summed E-state index contributed by atoms with van der Waals surface area (Å²) in [5.41, 5.74) is -0.604. The van der Waals surface area contributed by atoms with Crippen molar-refractivity contribution in [1.82, 2.24) is 10.2 Å².